The standard InChI is InChI=1S/C15H22F3NO4/c1-3-23-12(21)14(6-7-14)10-4-8-19(9-5-10)11(20)13(2,22)15(16,17)18/h10,22H,3-9H2,1-2H3/t13-/m1/s1. The Morgan fingerprint density at radius 3 is 2.17 bits per heavy atom. The summed E-state index contributed by atoms with van der Waals surface area (Å²) in [5.41, 5.74) is -3.89. The van der Waals surface area contributed by atoms with Crippen LogP contribution >= 0.6 is 0 Å². The highest BCUT2D eigenvalue weighted by atomic mass is 19.4. The molecule has 0 aromatic heterocycles. The van der Waals surface area contributed by atoms with E-state index in [2.05, 4.69) is 0 Å². The van der Waals surface area contributed by atoms with Crippen molar-refractivity contribution >= 4 is 11.9 Å². The average molecular weight is 337 g/mol. The summed E-state index contributed by atoms with van der Waals surface area (Å²) in [5, 5.41) is 9.48. The number of carbonyl (C=O) groups is 2. The molecule has 0 bridgehead atoms. The van der Waals surface area contributed by atoms with Crippen LogP contribution in [0, 0.1) is 11.3 Å². The van der Waals surface area contributed by atoms with Gasteiger partial charge in [-0.15, -0.1) is 0 Å². The number of hydrogen-bond donors (Lipinski definition) is 1. The third kappa shape index (κ3) is 3.18. The lowest BCUT2D eigenvalue weighted by molar-refractivity contribution is -0.250. The lowest BCUT2D eigenvalue weighted by Gasteiger charge is -2.38. The van der Waals surface area contributed by atoms with E-state index in [0.29, 0.717) is 26.4 Å². The van der Waals surface area contributed by atoms with E-state index in [1.807, 2.05) is 0 Å². The van der Waals surface area contributed by atoms with Crippen molar-refractivity contribution in [3.8, 4) is 0 Å². The number of rotatable bonds is 4. The van der Waals surface area contributed by atoms with E-state index in [0.717, 1.165) is 17.7 Å². The zero-order valence-electron chi connectivity index (χ0n) is 13.3. The highest BCUT2D eigenvalue weighted by molar-refractivity contribution is 5.85. The molecular weight excluding hydrogens is 315 g/mol. The topological polar surface area (TPSA) is 66.8 Å². The van der Waals surface area contributed by atoms with E-state index in [1.165, 1.54) is 0 Å². The van der Waals surface area contributed by atoms with Gasteiger partial charge in [-0.3, -0.25) is 9.59 Å². The van der Waals surface area contributed by atoms with Crippen LogP contribution < -0.4 is 0 Å². The van der Waals surface area contributed by atoms with Crippen LogP contribution in [0.2, 0.25) is 0 Å². The Kier molecular flexibility index (Phi) is 4.67. The number of esters is 1. The first-order chi connectivity index (χ1) is 10.6. The maximum atomic E-state index is 12.7. The second-order valence-electron chi connectivity index (χ2n) is 6.51. The fourth-order valence-corrected chi connectivity index (χ4v) is 3.25. The van der Waals surface area contributed by atoms with Crippen LogP contribution in [0.3, 0.4) is 0 Å². The van der Waals surface area contributed by atoms with Crippen molar-refractivity contribution in [1.82, 2.24) is 4.90 Å². The number of nitrogens with zero attached hydrogens (tertiary/aromatic N) is 1. The van der Waals surface area contributed by atoms with Crippen LogP contribution in [0.1, 0.15) is 39.5 Å². The summed E-state index contributed by atoms with van der Waals surface area (Å²) in [4.78, 5) is 25.0. The third-order valence-corrected chi connectivity index (χ3v) is 5.00. The second-order valence-corrected chi connectivity index (χ2v) is 6.51. The van der Waals surface area contributed by atoms with E-state index < -0.39 is 23.1 Å². The van der Waals surface area contributed by atoms with Gasteiger partial charge in [0.1, 0.15) is 0 Å². The summed E-state index contributed by atoms with van der Waals surface area (Å²) in [5.74, 6) is -1.56. The smallest absolute Gasteiger partial charge is 0.426 e. The molecule has 1 aliphatic heterocycles. The minimum Gasteiger partial charge on any atom is -0.466 e. The molecule has 1 N–H and O–H groups in total. The normalized spacial score (nSPS) is 24.0. The monoisotopic (exact) mass is 337 g/mol. The first-order valence-corrected chi connectivity index (χ1v) is 7.82. The molecule has 0 radical (unpaired) electrons. The van der Waals surface area contributed by atoms with Crippen molar-refractivity contribution in [2.75, 3.05) is 19.7 Å². The Morgan fingerprint density at radius 2 is 1.78 bits per heavy atom. The number of amides is 1. The van der Waals surface area contributed by atoms with Gasteiger partial charge in [-0.2, -0.15) is 13.2 Å². The van der Waals surface area contributed by atoms with Crippen LogP contribution in [0.4, 0.5) is 13.2 Å². The predicted molar refractivity (Wildman–Crippen MR) is 74.3 cm³/mol. The molecule has 23 heavy (non-hydrogen) atoms. The van der Waals surface area contributed by atoms with Crippen LogP contribution in [0.15, 0.2) is 0 Å². The number of carbonyl (C=O) groups excluding carboxylic acids is 2. The van der Waals surface area contributed by atoms with Crippen LogP contribution in [-0.2, 0) is 14.3 Å². The van der Waals surface area contributed by atoms with Crippen molar-refractivity contribution in [1.29, 1.82) is 0 Å². The summed E-state index contributed by atoms with van der Waals surface area (Å²) in [6.45, 7) is 2.72. The molecule has 8 heteroatoms. The summed E-state index contributed by atoms with van der Waals surface area (Å²) in [7, 11) is 0. The Balaban J connectivity index is 1.97. The summed E-state index contributed by atoms with van der Waals surface area (Å²) in [6.07, 6.45) is -2.67. The molecule has 1 aliphatic carbocycles. The van der Waals surface area contributed by atoms with E-state index in [9.17, 15) is 27.9 Å². The predicted octanol–water partition coefficient (Wildman–Crippen LogP) is 1.88. The third-order valence-electron chi connectivity index (χ3n) is 5.00. The first kappa shape index (κ1) is 18.0. The molecule has 132 valence electrons. The number of alkyl halides is 3. The minimum atomic E-state index is -5.01. The molecule has 2 fully saturated rings. The zero-order chi connectivity index (χ0) is 17.5. The van der Waals surface area contributed by atoms with Gasteiger partial charge in [-0.1, -0.05) is 0 Å². The molecule has 2 aliphatic rings. The number of aliphatic hydroxyl groups is 1. The average Bonchev–Trinajstić information content (AvgIpc) is 3.27. The lowest BCUT2D eigenvalue weighted by atomic mass is 9.81. The van der Waals surface area contributed by atoms with Gasteiger partial charge in [0.05, 0.1) is 12.0 Å². The molecule has 0 aromatic carbocycles. The fraction of sp³-hybridized carbons (Fsp3) is 0.867. The summed E-state index contributed by atoms with van der Waals surface area (Å²) >= 11 is 0. The van der Waals surface area contributed by atoms with Gasteiger partial charge in [0.25, 0.3) is 5.91 Å². The van der Waals surface area contributed by atoms with Crippen molar-refractivity contribution < 1.29 is 32.6 Å². The molecule has 1 atom stereocenters. The molecule has 1 saturated heterocycles. The van der Waals surface area contributed by atoms with E-state index in [1.54, 1.807) is 6.92 Å². The quantitative estimate of drug-likeness (QED) is 0.796. The van der Waals surface area contributed by atoms with E-state index >= 15 is 0 Å². The van der Waals surface area contributed by atoms with E-state index in [-0.39, 0.29) is 25.0 Å². The molecule has 0 spiro atoms. The van der Waals surface area contributed by atoms with Gasteiger partial charge in [-0.25, -0.2) is 0 Å². The summed E-state index contributed by atoms with van der Waals surface area (Å²) in [6, 6.07) is 0. The maximum Gasteiger partial charge on any atom is 0.426 e. The summed E-state index contributed by atoms with van der Waals surface area (Å²) < 4.78 is 43.3. The van der Waals surface area contributed by atoms with Gasteiger partial charge in [0.2, 0.25) is 5.60 Å². The van der Waals surface area contributed by atoms with Crippen LogP contribution in [0.25, 0.3) is 0 Å². The number of ether oxygens (including phenoxy) is 1. The molecule has 1 saturated carbocycles. The molecular formula is C15H22F3NO4. The molecule has 1 amide bonds. The lowest BCUT2D eigenvalue weighted by Crippen LogP contribution is -2.57. The van der Waals surface area contributed by atoms with Crippen molar-refractivity contribution in [3.63, 3.8) is 0 Å². The van der Waals surface area contributed by atoms with Gasteiger partial charge in [-0.05, 0) is 45.4 Å². The van der Waals surface area contributed by atoms with Gasteiger partial charge in [0, 0.05) is 13.1 Å². The maximum absolute atomic E-state index is 12.7. The Morgan fingerprint density at radius 1 is 1.26 bits per heavy atom. The van der Waals surface area contributed by atoms with Gasteiger partial charge in [0.15, 0.2) is 0 Å². The fourth-order valence-electron chi connectivity index (χ4n) is 3.25. The second kappa shape index (κ2) is 5.96. The molecule has 0 aromatic rings. The largest absolute Gasteiger partial charge is 0.466 e. The molecule has 1 heterocycles. The van der Waals surface area contributed by atoms with Crippen LogP contribution in [-0.4, -0.2) is 53.4 Å². The van der Waals surface area contributed by atoms with Gasteiger partial charge >= 0.3 is 12.1 Å². The van der Waals surface area contributed by atoms with Crippen molar-refractivity contribution in [2.45, 2.75) is 51.3 Å². The number of piperidine rings is 1. The van der Waals surface area contributed by atoms with Crippen molar-refractivity contribution in [2.24, 2.45) is 11.3 Å². The number of hydrogen-bond acceptors (Lipinski definition) is 4. The number of likely N-dealkylation sites (tertiary alicyclic amines) is 1. The zero-order valence-corrected chi connectivity index (χ0v) is 13.3. The Hall–Kier alpha value is -1.31. The number of halogens is 3. The Labute approximate surface area is 132 Å². The van der Waals surface area contributed by atoms with E-state index in [4.69, 9.17) is 4.74 Å². The Bertz CT molecular complexity index is 478. The van der Waals surface area contributed by atoms with Crippen molar-refractivity contribution in [3.05, 3.63) is 0 Å². The first-order valence-electron chi connectivity index (χ1n) is 7.82. The minimum absolute atomic E-state index is 0.0152. The van der Waals surface area contributed by atoms with Crippen LogP contribution in [0.5, 0.6) is 0 Å². The highest BCUT2D eigenvalue weighted by Gasteiger charge is 2.59. The SMILES string of the molecule is CCOC(=O)C1(C2CCN(C(=O)[C@@](C)(O)C(F)(F)F)CC2)CC1. The highest BCUT2D eigenvalue weighted by Crippen LogP contribution is 2.56. The van der Waals surface area contributed by atoms with Gasteiger partial charge < -0.3 is 14.7 Å². The molecule has 5 nitrogen and oxygen atoms in total. The molecule has 2 rings (SSSR count). The molecule has 0 unspecified atom stereocenters.